The number of ketones is 1. The fourth-order valence-corrected chi connectivity index (χ4v) is 10.4. The highest BCUT2D eigenvalue weighted by molar-refractivity contribution is 5.96. The van der Waals surface area contributed by atoms with Crippen molar-refractivity contribution in [2.45, 2.75) is 115 Å². The van der Waals surface area contributed by atoms with Gasteiger partial charge in [-0.3, -0.25) is 4.79 Å². The van der Waals surface area contributed by atoms with E-state index in [1.807, 2.05) is 34.6 Å². The molecule has 9 nitrogen and oxygen atoms in total. The average molecular weight is 601 g/mol. The van der Waals surface area contributed by atoms with Gasteiger partial charge in [0, 0.05) is 29.6 Å². The first-order chi connectivity index (χ1) is 19.9. The molecular weight excluding hydrogens is 552 g/mol. The van der Waals surface area contributed by atoms with E-state index in [4.69, 9.17) is 4.74 Å². The van der Waals surface area contributed by atoms with Crippen LogP contribution < -0.4 is 0 Å². The van der Waals surface area contributed by atoms with Gasteiger partial charge < -0.3 is 40.5 Å². The number of carbonyl (C=O) groups is 1. The van der Waals surface area contributed by atoms with Crippen LogP contribution in [-0.4, -0.2) is 83.3 Å². The first-order valence-corrected chi connectivity index (χ1v) is 15.8. The molecule has 0 unspecified atom stereocenters. The Hall–Kier alpha value is -2.01. The zero-order chi connectivity index (χ0) is 31.6. The van der Waals surface area contributed by atoms with Crippen molar-refractivity contribution in [1.29, 1.82) is 0 Å². The third kappa shape index (κ3) is 4.01. The Morgan fingerprint density at radius 3 is 2.30 bits per heavy atom. The monoisotopic (exact) mass is 600 g/mol. The van der Waals surface area contributed by atoms with Gasteiger partial charge in [-0.05, 0) is 78.7 Å². The van der Waals surface area contributed by atoms with Crippen molar-refractivity contribution in [1.82, 2.24) is 0 Å². The summed E-state index contributed by atoms with van der Waals surface area (Å²) < 4.78 is 6.43. The molecule has 1 heterocycles. The van der Waals surface area contributed by atoms with Crippen LogP contribution in [0.5, 0.6) is 11.5 Å². The van der Waals surface area contributed by atoms with Gasteiger partial charge in [-0.1, -0.05) is 40.7 Å². The van der Waals surface area contributed by atoms with Gasteiger partial charge in [-0.25, -0.2) is 0 Å². The topological polar surface area (TPSA) is 168 Å². The largest absolute Gasteiger partial charge is 0.504 e. The molecule has 6 rings (SSSR count). The number of hydrogen-bond acceptors (Lipinski definition) is 9. The predicted molar refractivity (Wildman–Crippen MR) is 157 cm³/mol. The van der Waals surface area contributed by atoms with Gasteiger partial charge in [0.1, 0.15) is 6.10 Å². The summed E-state index contributed by atoms with van der Waals surface area (Å²) in [6, 6.07) is 4.21. The van der Waals surface area contributed by atoms with Crippen molar-refractivity contribution in [3.05, 3.63) is 35.4 Å². The van der Waals surface area contributed by atoms with Crippen LogP contribution in [-0.2, 0) is 9.53 Å². The summed E-state index contributed by atoms with van der Waals surface area (Å²) in [6.45, 7) is 11.6. The minimum Gasteiger partial charge on any atom is -0.504 e. The Morgan fingerprint density at radius 1 is 1.00 bits per heavy atom. The number of fused-ring (bicyclic) bond motifs is 7. The lowest BCUT2D eigenvalue weighted by Gasteiger charge is -2.61. The Balaban J connectivity index is 1.40. The van der Waals surface area contributed by atoms with Gasteiger partial charge in [0.2, 0.25) is 0 Å². The molecule has 1 saturated heterocycles. The minimum absolute atomic E-state index is 0.107. The number of phenolic OH excluding ortho intramolecular Hbond substituents is 2. The summed E-state index contributed by atoms with van der Waals surface area (Å²) in [7, 11) is 0. The van der Waals surface area contributed by atoms with Gasteiger partial charge in [-0.2, -0.15) is 0 Å². The first kappa shape index (κ1) is 31.0. The number of carbonyl (C=O) groups excluding carboxylic acids is 1. The summed E-state index contributed by atoms with van der Waals surface area (Å²) in [5.41, 5.74) is -3.47. The van der Waals surface area contributed by atoms with Crippen LogP contribution in [0.25, 0.3) is 0 Å². The molecular formula is C34H48O9. The summed E-state index contributed by atoms with van der Waals surface area (Å²) in [6.07, 6.45) is -1.60. The van der Waals surface area contributed by atoms with Gasteiger partial charge in [0.25, 0.3) is 0 Å². The molecule has 9 heteroatoms. The first-order valence-electron chi connectivity index (χ1n) is 15.8. The fraction of sp³-hybridized carbons (Fsp3) is 0.735. The maximum atomic E-state index is 14.2. The molecule has 1 aromatic carbocycles. The molecule has 14 atom stereocenters. The molecule has 4 aliphatic carbocycles. The van der Waals surface area contributed by atoms with Gasteiger partial charge in [0.05, 0.1) is 35.6 Å². The maximum Gasteiger partial charge on any atom is 0.160 e. The number of rotatable bonds is 4. The molecule has 238 valence electrons. The van der Waals surface area contributed by atoms with Crippen molar-refractivity contribution < 1.29 is 45.3 Å². The Labute approximate surface area is 253 Å². The van der Waals surface area contributed by atoms with Crippen molar-refractivity contribution in [2.24, 2.45) is 40.4 Å². The Bertz CT molecular complexity index is 1340. The lowest BCUT2D eigenvalue weighted by molar-refractivity contribution is -0.177. The quantitative estimate of drug-likeness (QED) is 0.257. The highest BCUT2D eigenvalue weighted by Crippen LogP contribution is 2.71. The van der Waals surface area contributed by atoms with Crippen molar-refractivity contribution >= 4 is 5.78 Å². The van der Waals surface area contributed by atoms with Gasteiger partial charge >= 0.3 is 0 Å². The zero-order valence-electron chi connectivity index (χ0n) is 25.9. The van der Waals surface area contributed by atoms with Gasteiger partial charge in [-0.15, -0.1) is 0 Å². The summed E-state index contributed by atoms with van der Waals surface area (Å²) >= 11 is 0. The normalized spacial score (nSPS) is 48.7. The van der Waals surface area contributed by atoms with E-state index < -0.39 is 70.3 Å². The minimum atomic E-state index is -1.45. The van der Waals surface area contributed by atoms with Crippen LogP contribution in [0, 0.1) is 40.4 Å². The molecule has 7 N–H and O–H groups in total. The third-order valence-electron chi connectivity index (χ3n) is 13.0. The van der Waals surface area contributed by atoms with Crippen LogP contribution in [0.2, 0.25) is 0 Å². The van der Waals surface area contributed by atoms with Gasteiger partial charge in [0.15, 0.2) is 17.3 Å². The molecule has 5 aliphatic rings. The third-order valence-corrected chi connectivity index (χ3v) is 13.0. The number of benzene rings is 1. The van der Waals surface area contributed by atoms with Crippen LogP contribution >= 0.6 is 0 Å². The SMILES string of the molecule is CC(C)[C@H](C)[C@H](O)[C@H]1O[C@H]2C[C@]3(O)C4=CC(=O)[C@H]5[C@H](c6ccc(O)c(O)c6)[C@@H](O)[C@@H](O)C[C@]5(C)[C@@H]4CC[C@]3(C)[C@@H]2[C@@]1(C)O. The molecule has 1 aromatic rings. The van der Waals surface area contributed by atoms with E-state index in [0.29, 0.717) is 24.0 Å². The molecule has 0 aromatic heterocycles. The van der Waals surface area contributed by atoms with Crippen molar-refractivity contribution in [3.8, 4) is 11.5 Å². The van der Waals surface area contributed by atoms with E-state index in [1.54, 1.807) is 13.0 Å². The van der Waals surface area contributed by atoms with Crippen LogP contribution in [0.3, 0.4) is 0 Å². The fourth-order valence-electron chi connectivity index (χ4n) is 10.4. The number of ether oxygens (including phenoxy) is 1. The van der Waals surface area contributed by atoms with E-state index in [2.05, 4.69) is 0 Å². The molecule has 4 fully saturated rings. The van der Waals surface area contributed by atoms with Crippen LogP contribution in [0.15, 0.2) is 29.8 Å². The second-order valence-electron chi connectivity index (χ2n) is 15.5. The van der Waals surface area contributed by atoms with E-state index in [0.717, 1.165) is 0 Å². The Morgan fingerprint density at radius 2 is 1.67 bits per heavy atom. The number of aliphatic hydroxyl groups is 5. The number of phenols is 2. The number of aliphatic hydroxyl groups excluding tert-OH is 3. The van der Waals surface area contributed by atoms with Crippen molar-refractivity contribution in [3.63, 3.8) is 0 Å². The number of allylic oxidation sites excluding steroid dienone is 1. The molecule has 0 radical (unpaired) electrons. The zero-order valence-corrected chi connectivity index (χ0v) is 25.9. The average Bonchev–Trinajstić information content (AvgIpc) is 3.32. The smallest absolute Gasteiger partial charge is 0.160 e. The van der Waals surface area contributed by atoms with Crippen molar-refractivity contribution in [2.75, 3.05) is 0 Å². The molecule has 0 spiro atoms. The summed E-state index contributed by atoms with van der Waals surface area (Å²) in [5, 5.41) is 78.4. The molecule has 3 saturated carbocycles. The lowest BCUT2D eigenvalue weighted by atomic mass is 9.44. The predicted octanol–water partition coefficient (Wildman–Crippen LogP) is 2.78. The van der Waals surface area contributed by atoms with Crippen LogP contribution in [0.4, 0.5) is 0 Å². The van der Waals surface area contributed by atoms with E-state index in [9.17, 15) is 40.5 Å². The molecule has 0 amide bonds. The van der Waals surface area contributed by atoms with E-state index >= 15 is 0 Å². The summed E-state index contributed by atoms with van der Waals surface area (Å²) in [4.78, 5) is 14.2. The summed E-state index contributed by atoms with van der Waals surface area (Å²) in [5.74, 6) is -3.19. The molecule has 1 aliphatic heterocycles. The standard InChI is InChI=1S/C34H48O9/c1-15(2)16(3)27(39)30-33(6,41)29-24(43-30)14-34(42)19-12-22(37)26-25(17-7-8-20(35)21(36)11-17)28(40)23(38)13-31(26,4)18(19)9-10-32(29,34)5/h7-8,11-12,15-16,18,23-30,35-36,38-42H,9-10,13-14H2,1-6H3/t16-,18+,23-,24-,25-,26-,27-,28-,29+,30+,31+,32+,33+,34-/m0/s1. The Kier molecular flexibility index (Phi) is 7.02. The second-order valence-corrected chi connectivity index (χ2v) is 15.5. The maximum absolute atomic E-state index is 14.2. The number of hydrogen-bond donors (Lipinski definition) is 7. The highest BCUT2D eigenvalue weighted by Gasteiger charge is 2.75. The molecule has 43 heavy (non-hydrogen) atoms. The lowest BCUT2D eigenvalue weighted by Crippen LogP contribution is -2.64. The van der Waals surface area contributed by atoms with E-state index in [-0.39, 0.29) is 47.9 Å². The van der Waals surface area contributed by atoms with E-state index in [1.165, 1.54) is 18.2 Å². The second kappa shape index (κ2) is 9.74. The highest BCUT2D eigenvalue weighted by atomic mass is 16.5. The number of aromatic hydroxyl groups is 2. The van der Waals surface area contributed by atoms with Crippen LogP contribution in [0.1, 0.15) is 78.7 Å². The molecule has 0 bridgehead atoms.